The van der Waals surface area contributed by atoms with E-state index in [0.29, 0.717) is 0 Å². The van der Waals surface area contributed by atoms with Gasteiger partial charge < -0.3 is 5.73 Å². The molecule has 2 heteroatoms. The lowest BCUT2D eigenvalue weighted by atomic mass is 10.1. The quantitative estimate of drug-likeness (QED) is 0.649. The zero-order valence-electron chi connectivity index (χ0n) is 7.40. The molecule has 0 amide bonds. The highest BCUT2D eigenvalue weighted by atomic mass is 14.7. The summed E-state index contributed by atoms with van der Waals surface area (Å²) in [6.45, 7) is 0. The summed E-state index contributed by atoms with van der Waals surface area (Å²) in [6.07, 6.45) is 6.23. The first-order chi connectivity index (χ1) is 6.36. The maximum absolute atomic E-state index is 5.69. The van der Waals surface area contributed by atoms with Crippen LogP contribution in [0.3, 0.4) is 0 Å². The second-order valence-electron chi connectivity index (χ2n) is 3.10. The van der Waals surface area contributed by atoms with Gasteiger partial charge >= 0.3 is 0 Å². The van der Waals surface area contributed by atoms with Gasteiger partial charge in [-0.1, -0.05) is 18.2 Å². The molecular formula is C11H12N2. The zero-order valence-corrected chi connectivity index (χ0v) is 7.40. The SMILES string of the molecule is Nc1cccc(C2=CCCC=N2)c1. The van der Waals surface area contributed by atoms with Crippen molar-refractivity contribution >= 4 is 17.6 Å². The molecule has 2 nitrogen and oxygen atoms in total. The zero-order chi connectivity index (χ0) is 9.10. The van der Waals surface area contributed by atoms with Crippen molar-refractivity contribution in [1.82, 2.24) is 0 Å². The lowest BCUT2D eigenvalue weighted by molar-refractivity contribution is 1.09. The average Bonchev–Trinajstić information content (AvgIpc) is 2.19. The van der Waals surface area contributed by atoms with E-state index >= 15 is 0 Å². The van der Waals surface area contributed by atoms with E-state index < -0.39 is 0 Å². The molecule has 0 aliphatic carbocycles. The number of anilines is 1. The van der Waals surface area contributed by atoms with Crippen molar-refractivity contribution in [3.05, 3.63) is 35.9 Å². The molecule has 0 aromatic heterocycles. The average molecular weight is 172 g/mol. The molecule has 13 heavy (non-hydrogen) atoms. The topological polar surface area (TPSA) is 38.4 Å². The maximum Gasteiger partial charge on any atom is 0.0659 e. The Morgan fingerprint density at radius 2 is 2.15 bits per heavy atom. The minimum Gasteiger partial charge on any atom is -0.399 e. The van der Waals surface area contributed by atoms with E-state index in [0.717, 1.165) is 29.8 Å². The van der Waals surface area contributed by atoms with Gasteiger partial charge in [-0.3, -0.25) is 4.99 Å². The van der Waals surface area contributed by atoms with Crippen molar-refractivity contribution in [2.45, 2.75) is 12.8 Å². The number of hydrogen-bond acceptors (Lipinski definition) is 2. The molecule has 0 spiro atoms. The summed E-state index contributed by atoms with van der Waals surface area (Å²) in [5.41, 5.74) is 8.62. The number of nitrogens with two attached hydrogens (primary N) is 1. The Labute approximate surface area is 77.8 Å². The molecule has 0 saturated heterocycles. The first kappa shape index (κ1) is 8.05. The minimum atomic E-state index is 0.791. The summed E-state index contributed by atoms with van der Waals surface area (Å²) >= 11 is 0. The molecule has 1 aromatic carbocycles. The minimum absolute atomic E-state index is 0.791. The maximum atomic E-state index is 5.69. The van der Waals surface area contributed by atoms with E-state index in [2.05, 4.69) is 11.1 Å². The van der Waals surface area contributed by atoms with E-state index in [-0.39, 0.29) is 0 Å². The lowest BCUT2D eigenvalue weighted by Gasteiger charge is -2.06. The van der Waals surface area contributed by atoms with Crippen LogP contribution in [-0.2, 0) is 0 Å². The van der Waals surface area contributed by atoms with E-state index in [1.807, 2.05) is 30.5 Å². The number of hydrogen-bond donors (Lipinski definition) is 1. The molecule has 2 rings (SSSR count). The van der Waals surface area contributed by atoms with Gasteiger partial charge in [0.25, 0.3) is 0 Å². The summed E-state index contributed by atoms with van der Waals surface area (Å²) < 4.78 is 0. The van der Waals surface area contributed by atoms with Gasteiger partial charge in [-0.25, -0.2) is 0 Å². The highest BCUT2D eigenvalue weighted by Gasteiger charge is 2.01. The van der Waals surface area contributed by atoms with Crippen LogP contribution in [0.15, 0.2) is 35.3 Å². The van der Waals surface area contributed by atoms with Gasteiger partial charge in [-0.05, 0) is 25.0 Å². The number of benzene rings is 1. The summed E-state index contributed by atoms with van der Waals surface area (Å²) in [4.78, 5) is 4.32. The van der Waals surface area contributed by atoms with Gasteiger partial charge in [0.15, 0.2) is 0 Å². The Kier molecular flexibility index (Phi) is 2.13. The normalized spacial score (nSPS) is 15.5. The van der Waals surface area contributed by atoms with Crippen molar-refractivity contribution in [2.24, 2.45) is 4.99 Å². The third kappa shape index (κ3) is 1.78. The van der Waals surface area contributed by atoms with Crippen LogP contribution < -0.4 is 5.73 Å². The molecular weight excluding hydrogens is 160 g/mol. The molecule has 0 bridgehead atoms. The molecule has 2 N–H and O–H groups in total. The second-order valence-corrected chi connectivity index (χ2v) is 3.10. The Balaban J connectivity index is 2.35. The van der Waals surface area contributed by atoms with Crippen LogP contribution in [0.25, 0.3) is 5.70 Å². The summed E-state index contributed by atoms with van der Waals surface area (Å²) in [6, 6.07) is 7.82. The molecule has 1 aromatic rings. The first-order valence-electron chi connectivity index (χ1n) is 4.45. The van der Waals surface area contributed by atoms with Crippen LogP contribution in [0, 0.1) is 0 Å². The van der Waals surface area contributed by atoms with Crippen molar-refractivity contribution in [3.63, 3.8) is 0 Å². The molecule has 1 aliphatic rings. The smallest absolute Gasteiger partial charge is 0.0659 e. The van der Waals surface area contributed by atoms with Crippen LogP contribution in [-0.4, -0.2) is 6.21 Å². The molecule has 0 unspecified atom stereocenters. The standard InChI is InChI=1S/C11H12N2/c12-10-5-3-4-9(8-10)11-6-1-2-7-13-11/h3-8H,1-2,12H2. The van der Waals surface area contributed by atoms with Crippen molar-refractivity contribution in [2.75, 3.05) is 5.73 Å². The van der Waals surface area contributed by atoms with Crippen LogP contribution in [0.5, 0.6) is 0 Å². The molecule has 1 heterocycles. The van der Waals surface area contributed by atoms with E-state index in [9.17, 15) is 0 Å². The molecule has 0 saturated carbocycles. The van der Waals surface area contributed by atoms with E-state index in [1.54, 1.807) is 0 Å². The highest BCUT2D eigenvalue weighted by molar-refractivity contribution is 5.77. The molecule has 0 atom stereocenters. The molecule has 66 valence electrons. The third-order valence-corrected chi connectivity index (χ3v) is 2.05. The fourth-order valence-electron chi connectivity index (χ4n) is 1.40. The predicted molar refractivity (Wildman–Crippen MR) is 56.6 cm³/mol. The summed E-state index contributed by atoms with van der Waals surface area (Å²) in [7, 11) is 0. The predicted octanol–water partition coefficient (Wildman–Crippen LogP) is 2.47. The van der Waals surface area contributed by atoms with Crippen LogP contribution in [0.2, 0.25) is 0 Å². The monoisotopic (exact) mass is 172 g/mol. The molecule has 0 radical (unpaired) electrons. The van der Waals surface area contributed by atoms with E-state index in [4.69, 9.17) is 5.73 Å². The number of rotatable bonds is 1. The number of nitrogen functional groups attached to an aromatic ring is 1. The van der Waals surface area contributed by atoms with Crippen LogP contribution in [0.4, 0.5) is 5.69 Å². The highest BCUT2D eigenvalue weighted by Crippen LogP contribution is 2.21. The van der Waals surface area contributed by atoms with Gasteiger partial charge in [-0.15, -0.1) is 0 Å². The van der Waals surface area contributed by atoms with Crippen LogP contribution >= 0.6 is 0 Å². The van der Waals surface area contributed by atoms with E-state index in [1.165, 1.54) is 0 Å². The van der Waals surface area contributed by atoms with Crippen molar-refractivity contribution in [3.8, 4) is 0 Å². The molecule has 1 aliphatic heterocycles. The van der Waals surface area contributed by atoms with Gasteiger partial charge in [0.1, 0.15) is 0 Å². The van der Waals surface area contributed by atoms with Gasteiger partial charge in [-0.2, -0.15) is 0 Å². The Morgan fingerprint density at radius 3 is 2.85 bits per heavy atom. The Bertz CT molecular complexity index is 364. The lowest BCUT2D eigenvalue weighted by Crippen LogP contribution is -1.91. The fraction of sp³-hybridized carbons (Fsp3) is 0.182. The Morgan fingerprint density at radius 1 is 1.23 bits per heavy atom. The fourth-order valence-corrected chi connectivity index (χ4v) is 1.40. The second kappa shape index (κ2) is 3.44. The summed E-state index contributed by atoms with van der Waals surface area (Å²) in [5.74, 6) is 0. The number of aliphatic imine (C=N–C) groups is 1. The largest absolute Gasteiger partial charge is 0.399 e. The number of nitrogens with zero attached hydrogens (tertiary/aromatic N) is 1. The van der Waals surface area contributed by atoms with Crippen molar-refractivity contribution < 1.29 is 0 Å². The van der Waals surface area contributed by atoms with Crippen LogP contribution in [0.1, 0.15) is 18.4 Å². The Hall–Kier alpha value is -1.57. The number of allylic oxidation sites excluding steroid dienone is 1. The van der Waals surface area contributed by atoms with Gasteiger partial charge in [0, 0.05) is 17.5 Å². The van der Waals surface area contributed by atoms with Crippen molar-refractivity contribution in [1.29, 1.82) is 0 Å². The van der Waals surface area contributed by atoms with Gasteiger partial charge in [0.05, 0.1) is 5.70 Å². The summed E-state index contributed by atoms with van der Waals surface area (Å²) in [5, 5.41) is 0. The van der Waals surface area contributed by atoms with Gasteiger partial charge in [0.2, 0.25) is 0 Å². The third-order valence-electron chi connectivity index (χ3n) is 2.05. The first-order valence-corrected chi connectivity index (χ1v) is 4.45. The molecule has 0 fully saturated rings.